The number of rotatable bonds is 4. The van der Waals surface area contributed by atoms with E-state index in [4.69, 9.17) is 4.74 Å². The lowest BCUT2D eigenvalue weighted by atomic mass is 10.2. The maximum Gasteiger partial charge on any atom is 0.272 e. The van der Waals surface area contributed by atoms with E-state index in [0.29, 0.717) is 11.3 Å². The van der Waals surface area contributed by atoms with Crippen molar-refractivity contribution in [2.75, 3.05) is 0 Å². The van der Waals surface area contributed by atoms with Gasteiger partial charge >= 0.3 is 0 Å². The number of nitro benzene ring substituents is 1. The number of non-ortho nitro benzene ring substituents is 1. The lowest BCUT2D eigenvalue weighted by Crippen LogP contribution is -1.99. The number of nitrogens with zero attached hydrogens (tertiary/aromatic N) is 3. The van der Waals surface area contributed by atoms with Crippen LogP contribution < -0.4 is 4.74 Å². The van der Waals surface area contributed by atoms with E-state index in [1.807, 2.05) is 0 Å². The summed E-state index contributed by atoms with van der Waals surface area (Å²) < 4.78 is 20.5. The molecule has 0 saturated carbocycles. The van der Waals surface area contributed by atoms with Gasteiger partial charge in [-0.3, -0.25) is 10.1 Å². The zero-order valence-electron chi connectivity index (χ0n) is 10.8. The second-order valence-corrected chi connectivity index (χ2v) is 4.12. The highest BCUT2D eigenvalue weighted by Crippen LogP contribution is 2.30. The molecule has 2 rings (SSSR count). The first kappa shape index (κ1) is 13.9. The summed E-state index contributed by atoms with van der Waals surface area (Å²) in [6, 6.07) is 3.08. The summed E-state index contributed by atoms with van der Waals surface area (Å²) >= 11 is 0. The third-order valence-electron chi connectivity index (χ3n) is 2.78. The molecule has 20 heavy (non-hydrogen) atoms. The van der Waals surface area contributed by atoms with Gasteiger partial charge in [-0.05, 0) is 13.0 Å². The number of halogens is 1. The molecule has 7 nitrogen and oxygen atoms in total. The van der Waals surface area contributed by atoms with Gasteiger partial charge in [0.1, 0.15) is 0 Å². The van der Waals surface area contributed by atoms with E-state index in [1.54, 1.807) is 14.0 Å². The van der Waals surface area contributed by atoms with Gasteiger partial charge in [0.05, 0.1) is 28.9 Å². The summed E-state index contributed by atoms with van der Waals surface area (Å²) in [7, 11) is 1.59. The molecule has 8 heteroatoms. The summed E-state index contributed by atoms with van der Waals surface area (Å²) in [4.78, 5) is 9.84. The standard InChI is InChI=1S/C12H12FN3O4/c1-7-9(6-17)12(15(2)14-7)20-11-4-3-8(16(18)19)5-10(11)13/h3-5,17H,6H2,1-2H3. The lowest BCUT2D eigenvalue weighted by Gasteiger charge is -2.08. The lowest BCUT2D eigenvalue weighted by molar-refractivity contribution is -0.385. The smallest absolute Gasteiger partial charge is 0.272 e. The van der Waals surface area contributed by atoms with Gasteiger partial charge < -0.3 is 9.84 Å². The van der Waals surface area contributed by atoms with E-state index in [9.17, 15) is 19.6 Å². The molecule has 0 atom stereocenters. The average Bonchev–Trinajstić information content (AvgIpc) is 2.65. The minimum absolute atomic E-state index is 0.173. The van der Waals surface area contributed by atoms with Gasteiger partial charge in [-0.15, -0.1) is 0 Å². The molecule has 0 unspecified atom stereocenters. The number of nitro groups is 1. The quantitative estimate of drug-likeness (QED) is 0.684. The van der Waals surface area contributed by atoms with E-state index >= 15 is 0 Å². The van der Waals surface area contributed by atoms with E-state index in [-0.39, 0.29) is 23.9 Å². The summed E-state index contributed by atoms with van der Waals surface area (Å²) in [5.74, 6) is -0.840. The fourth-order valence-corrected chi connectivity index (χ4v) is 1.78. The molecule has 0 fully saturated rings. The predicted octanol–water partition coefficient (Wildman–Crippen LogP) is 2.06. The normalized spacial score (nSPS) is 10.6. The Balaban J connectivity index is 2.38. The van der Waals surface area contributed by atoms with Crippen LogP contribution in [0.15, 0.2) is 18.2 Å². The summed E-state index contributed by atoms with van der Waals surface area (Å²) in [5.41, 5.74) is 0.635. The highest BCUT2D eigenvalue weighted by Gasteiger charge is 2.18. The summed E-state index contributed by atoms with van der Waals surface area (Å²) in [6.45, 7) is 1.38. The Morgan fingerprint density at radius 3 is 2.80 bits per heavy atom. The van der Waals surface area contributed by atoms with Crippen LogP contribution in [-0.2, 0) is 13.7 Å². The van der Waals surface area contributed by atoms with Crippen LogP contribution in [0.25, 0.3) is 0 Å². The first-order valence-electron chi connectivity index (χ1n) is 5.69. The van der Waals surface area contributed by atoms with Gasteiger partial charge in [0.2, 0.25) is 5.88 Å². The Morgan fingerprint density at radius 2 is 2.25 bits per heavy atom. The van der Waals surface area contributed by atoms with Gasteiger partial charge in [-0.1, -0.05) is 0 Å². The average molecular weight is 281 g/mol. The molecule has 1 N–H and O–H groups in total. The van der Waals surface area contributed by atoms with Gasteiger partial charge in [0.15, 0.2) is 11.6 Å². The van der Waals surface area contributed by atoms with Crippen molar-refractivity contribution in [2.45, 2.75) is 13.5 Å². The first-order chi connectivity index (χ1) is 9.43. The number of hydrogen-bond donors (Lipinski definition) is 1. The van der Waals surface area contributed by atoms with Crippen LogP contribution in [0, 0.1) is 22.9 Å². The number of aromatic nitrogens is 2. The van der Waals surface area contributed by atoms with Crippen LogP contribution in [0.2, 0.25) is 0 Å². The molecule has 0 aliphatic rings. The topological polar surface area (TPSA) is 90.4 Å². The highest BCUT2D eigenvalue weighted by molar-refractivity contribution is 5.41. The van der Waals surface area contributed by atoms with Crippen molar-refractivity contribution >= 4 is 5.69 Å². The second-order valence-electron chi connectivity index (χ2n) is 4.12. The van der Waals surface area contributed by atoms with Crippen molar-refractivity contribution in [3.05, 3.63) is 45.4 Å². The van der Waals surface area contributed by atoms with Gasteiger partial charge in [-0.25, -0.2) is 9.07 Å². The molecular weight excluding hydrogens is 269 g/mol. The molecule has 0 saturated heterocycles. The SMILES string of the molecule is Cc1nn(C)c(Oc2ccc([N+](=O)[O-])cc2F)c1CO. The third-order valence-corrected chi connectivity index (χ3v) is 2.78. The van der Waals surface area contributed by atoms with Gasteiger partial charge in [0, 0.05) is 13.1 Å². The molecule has 1 aromatic heterocycles. The number of aliphatic hydroxyl groups is 1. The van der Waals surface area contributed by atoms with E-state index < -0.39 is 10.7 Å². The molecular formula is C12H12FN3O4. The maximum absolute atomic E-state index is 13.7. The number of ether oxygens (including phenoxy) is 1. The van der Waals surface area contributed by atoms with E-state index in [0.717, 1.165) is 18.2 Å². The summed E-state index contributed by atoms with van der Waals surface area (Å²) in [5, 5.41) is 23.8. The molecule has 0 aliphatic heterocycles. The number of aryl methyl sites for hydroxylation is 2. The zero-order valence-corrected chi connectivity index (χ0v) is 10.8. The zero-order chi connectivity index (χ0) is 14.9. The van der Waals surface area contributed by atoms with E-state index in [1.165, 1.54) is 4.68 Å². The molecule has 2 aromatic rings. The minimum atomic E-state index is -0.859. The molecule has 0 spiro atoms. The molecule has 0 aliphatic carbocycles. The number of hydrogen-bond acceptors (Lipinski definition) is 5. The van der Waals surface area contributed by atoms with Gasteiger partial charge in [-0.2, -0.15) is 5.10 Å². The Kier molecular flexibility index (Phi) is 3.66. The first-order valence-corrected chi connectivity index (χ1v) is 5.69. The van der Waals surface area contributed by atoms with Crippen LogP contribution in [-0.4, -0.2) is 19.8 Å². The monoisotopic (exact) mass is 281 g/mol. The molecule has 106 valence electrons. The highest BCUT2D eigenvalue weighted by atomic mass is 19.1. The van der Waals surface area contributed by atoms with Crippen LogP contribution in [0.1, 0.15) is 11.3 Å². The third kappa shape index (κ3) is 2.45. The van der Waals surface area contributed by atoms with Gasteiger partial charge in [0.25, 0.3) is 5.69 Å². The number of benzene rings is 1. The predicted molar refractivity (Wildman–Crippen MR) is 67.0 cm³/mol. The Hall–Kier alpha value is -2.48. The van der Waals surface area contributed by atoms with Crippen molar-refractivity contribution in [3.8, 4) is 11.6 Å². The van der Waals surface area contributed by atoms with Crippen LogP contribution in [0.3, 0.4) is 0 Å². The molecule has 0 bridgehead atoms. The Bertz CT molecular complexity index is 669. The molecule has 0 amide bonds. The van der Waals surface area contributed by atoms with E-state index in [2.05, 4.69) is 5.10 Å². The number of aliphatic hydroxyl groups excluding tert-OH is 1. The summed E-state index contributed by atoms with van der Waals surface area (Å²) in [6.07, 6.45) is 0. The Morgan fingerprint density at radius 1 is 1.55 bits per heavy atom. The minimum Gasteiger partial charge on any atom is -0.436 e. The van der Waals surface area contributed by atoms with Crippen molar-refractivity contribution in [1.29, 1.82) is 0 Å². The molecule has 0 radical (unpaired) electrons. The largest absolute Gasteiger partial charge is 0.436 e. The second kappa shape index (κ2) is 5.25. The van der Waals surface area contributed by atoms with Crippen molar-refractivity contribution in [2.24, 2.45) is 7.05 Å². The van der Waals surface area contributed by atoms with Crippen LogP contribution in [0.4, 0.5) is 10.1 Å². The van der Waals surface area contributed by atoms with Crippen LogP contribution in [0.5, 0.6) is 11.6 Å². The molecule has 1 aromatic carbocycles. The van der Waals surface area contributed by atoms with Crippen molar-refractivity contribution < 1.29 is 19.2 Å². The Labute approximate surface area is 113 Å². The molecule has 1 heterocycles. The van der Waals surface area contributed by atoms with Crippen LogP contribution >= 0.6 is 0 Å². The van der Waals surface area contributed by atoms with Crippen molar-refractivity contribution in [3.63, 3.8) is 0 Å². The maximum atomic E-state index is 13.7. The fourth-order valence-electron chi connectivity index (χ4n) is 1.78. The van der Waals surface area contributed by atoms with Crippen molar-refractivity contribution in [1.82, 2.24) is 9.78 Å². The fraction of sp³-hybridized carbons (Fsp3) is 0.250.